The van der Waals surface area contributed by atoms with E-state index >= 15 is 0 Å². The average molecular weight is 283 g/mol. The second-order valence-corrected chi connectivity index (χ2v) is 4.40. The SMILES string of the molecule is COCCNCc1ccc(N(CCO)CCOC)nc1. The van der Waals surface area contributed by atoms with Crippen molar-refractivity contribution in [2.75, 3.05) is 58.6 Å². The maximum absolute atomic E-state index is 9.09. The summed E-state index contributed by atoms with van der Waals surface area (Å²) in [5, 5.41) is 12.4. The Balaban J connectivity index is 2.49. The van der Waals surface area contributed by atoms with Gasteiger partial charge in [-0.2, -0.15) is 0 Å². The van der Waals surface area contributed by atoms with Gasteiger partial charge < -0.3 is 24.8 Å². The number of hydrogen-bond donors (Lipinski definition) is 2. The van der Waals surface area contributed by atoms with Crippen LogP contribution in [0.25, 0.3) is 0 Å². The summed E-state index contributed by atoms with van der Waals surface area (Å²) in [6, 6.07) is 4.01. The molecule has 0 aromatic carbocycles. The van der Waals surface area contributed by atoms with Crippen LogP contribution in [0.2, 0.25) is 0 Å². The van der Waals surface area contributed by atoms with Gasteiger partial charge >= 0.3 is 0 Å². The monoisotopic (exact) mass is 283 g/mol. The summed E-state index contributed by atoms with van der Waals surface area (Å²) < 4.78 is 10.0. The topological polar surface area (TPSA) is 66.9 Å². The highest BCUT2D eigenvalue weighted by atomic mass is 16.5. The van der Waals surface area contributed by atoms with Gasteiger partial charge in [0.2, 0.25) is 0 Å². The van der Waals surface area contributed by atoms with Gasteiger partial charge in [-0.1, -0.05) is 6.07 Å². The van der Waals surface area contributed by atoms with Gasteiger partial charge in [0, 0.05) is 46.6 Å². The van der Waals surface area contributed by atoms with Crippen molar-refractivity contribution in [2.24, 2.45) is 0 Å². The fraction of sp³-hybridized carbons (Fsp3) is 0.643. The van der Waals surface area contributed by atoms with Crippen molar-refractivity contribution in [3.8, 4) is 0 Å². The third-order valence-electron chi connectivity index (χ3n) is 2.88. The third-order valence-corrected chi connectivity index (χ3v) is 2.88. The number of anilines is 1. The Bertz CT molecular complexity index is 346. The first-order chi connectivity index (χ1) is 9.81. The lowest BCUT2D eigenvalue weighted by molar-refractivity contribution is 0.199. The number of aliphatic hydroxyl groups is 1. The maximum Gasteiger partial charge on any atom is 0.128 e. The van der Waals surface area contributed by atoms with E-state index in [9.17, 15) is 0 Å². The van der Waals surface area contributed by atoms with Gasteiger partial charge in [0.05, 0.1) is 19.8 Å². The lowest BCUT2D eigenvalue weighted by Crippen LogP contribution is -2.30. The van der Waals surface area contributed by atoms with Crippen LogP contribution in [-0.4, -0.2) is 63.8 Å². The van der Waals surface area contributed by atoms with Crippen LogP contribution in [0.4, 0.5) is 5.82 Å². The summed E-state index contributed by atoms with van der Waals surface area (Å²) >= 11 is 0. The van der Waals surface area contributed by atoms with Crippen LogP contribution in [0, 0.1) is 0 Å². The zero-order chi connectivity index (χ0) is 14.6. The fourth-order valence-electron chi connectivity index (χ4n) is 1.78. The van der Waals surface area contributed by atoms with Crippen molar-refractivity contribution in [1.29, 1.82) is 0 Å². The van der Waals surface area contributed by atoms with Gasteiger partial charge in [0.15, 0.2) is 0 Å². The summed E-state index contributed by atoms with van der Waals surface area (Å²) in [6.07, 6.45) is 1.85. The molecule has 0 unspecified atom stereocenters. The fourth-order valence-corrected chi connectivity index (χ4v) is 1.78. The molecular weight excluding hydrogens is 258 g/mol. The van der Waals surface area contributed by atoms with Crippen molar-refractivity contribution >= 4 is 5.82 Å². The van der Waals surface area contributed by atoms with Gasteiger partial charge in [0.25, 0.3) is 0 Å². The van der Waals surface area contributed by atoms with Gasteiger partial charge in [-0.3, -0.25) is 0 Å². The molecule has 20 heavy (non-hydrogen) atoms. The Morgan fingerprint density at radius 2 is 2.00 bits per heavy atom. The van der Waals surface area contributed by atoms with E-state index in [1.165, 1.54) is 0 Å². The predicted molar refractivity (Wildman–Crippen MR) is 79.0 cm³/mol. The van der Waals surface area contributed by atoms with E-state index in [1.807, 2.05) is 23.2 Å². The first-order valence-corrected chi connectivity index (χ1v) is 6.81. The Morgan fingerprint density at radius 3 is 2.60 bits per heavy atom. The number of nitrogens with zero attached hydrogens (tertiary/aromatic N) is 2. The molecule has 2 N–H and O–H groups in total. The first-order valence-electron chi connectivity index (χ1n) is 6.81. The van der Waals surface area contributed by atoms with E-state index in [-0.39, 0.29) is 6.61 Å². The number of hydrogen-bond acceptors (Lipinski definition) is 6. The smallest absolute Gasteiger partial charge is 0.128 e. The number of aliphatic hydroxyl groups excluding tert-OH is 1. The van der Waals surface area contributed by atoms with Crippen molar-refractivity contribution in [2.45, 2.75) is 6.54 Å². The second kappa shape index (κ2) is 10.6. The predicted octanol–water partition coefficient (Wildman–Crippen LogP) is 0.263. The van der Waals surface area contributed by atoms with Gasteiger partial charge in [-0.15, -0.1) is 0 Å². The number of methoxy groups -OCH3 is 2. The normalized spacial score (nSPS) is 10.8. The molecule has 0 saturated heterocycles. The second-order valence-electron chi connectivity index (χ2n) is 4.40. The summed E-state index contributed by atoms with van der Waals surface area (Å²) in [7, 11) is 3.35. The molecule has 0 aliphatic rings. The number of rotatable bonds is 11. The lowest BCUT2D eigenvalue weighted by Gasteiger charge is -2.22. The van der Waals surface area contributed by atoms with Crippen molar-refractivity contribution in [1.82, 2.24) is 10.3 Å². The van der Waals surface area contributed by atoms with Crippen LogP contribution in [0.3, 0.4) is 0 Å². The number of nitrogens with one attached hydrogen (secondary N) is 1. The highest BCUT2D eigenvalue weighted by molar-refractivity contribution is 5.39. The first kappa shape index (κ1) is 16.8. The van der Waals surface area contributed by atoms with Crippen LogP contribution in [0.1, 0.15) is 5.56 Å². The summed E-state index contributed by atoms with van der Waals surface area (Å²) in [6.45, 7) is 4.29. The Morgan fingerprint density at radius 1 is 1.20 bits per heavy atom. The van der Waals surface area contributed by atoms with E-state index in [4.69, 9.17) is 14.6 Å². The minimum absolute atomic E-state index is 0.103. The molecule has 0 bridgehead atoms. The molecule has 6 nitrogen and oxygen atoms in total. The van der Waals surface area contributed by atoms with Crippen molar-refractivity contribution < 1.29 is 14.6 Å². The molecular formula is C14H25N3O3. The molecule has 0 fully saturated rings. The average Bonchev–Trinajstić information content (AvgIpc) is 2.49. The third kappa shape index (κ3) is 6.29. The zero-order valence-electron chi connectivity index (χ0n) is 12.3. The minimum Gasteiger partial charge on any atom is -0.395 e. The van der Waals surface area contributed by atoms with E-state index in [1.54, 1.807) is 14.2 Å². The van der Waals surface area contributed by atoms with E-state index < -0.39 is 0 Å². The zero-order valence-corrected chi connectivity index (χ0v) is 12.3. The quantitative estimate of drug-likeness (QED) is 0.568. The molecule has 1 rings (SSSR count). The summed E-state index contributed by atoms with van der Waals surface area (Å²) in [5.74, 6) is 0.858. The highest BCUT2D eigenvalue weighted by Gasteiger charge is 2.06. The summed E-state index contributed by atoms with van der Waals surface area (Å²) in [5.41, 5.74) is 1.13. The van der Waals surface area contributed by atoms with Gasteiger partial charge in [-0.25, -0.2) is 4.98 Å². The van der Waals surface area contributed by atoms with E-state index in [0.717, 1.165) is 31.0 Å². The van der Waals surface area contributed by atoms with Crippen molar-refractivity contribution in [3.05, 3.63) is 23.9 Å². The number of ether oxygens (including phenoxy) is 2. The largest absolute Gasteiger partial charge is 0.395 e. The minimum atomic E-state index is 0.103. The van der Waals surface area contributed by atoms with Crippen molar-refractivity contribution in [3.63, 3.8) is 0 Å². The molecule has 0 aliphatic heterocycles. The molecule has 0 amide bonds. The molecule has 0 atom stereocenters. The lowest BCUT2D eigenvalue weighted by atomic mass is 10.2. The van der Waals surface area contributed by atoms with E-state index in [2.05, 4.69) is 10.3 Å². The summed E-state index contributed by atoms with van der Waals surface area (Å²) in [4.78, 5) is 6.44. The molecule has 0 radical (unpaired) electrons. The number of aromatic nitrogens is 1. The van der Waals surface area contributed by atoms with E-state index in [0.29, 0.717) is 19.8 Å². The van der Waals surface area contributed by atoms with Gasteiger partial charge in [0.1, 0.15) is 5.82 Å². The molecule has 6 heteroatoms. The Hall–Kier alpha value is -1.21. The Kier molecular flexibility index (Phi) is 8.90. The molecule has 0 saturated carbocycles. The standard InChI is InChI=1S/C14H25N3O3/c1-19-9-5-15-11-13-3-4-14(16-12-13)17(6-8-18)7-10-20-2/h3-4,12,15,18H,5-11H2,1-2H3. The van der Waals surface area contributed by atoms with Crippen LogP contribution < -0.4 is 10.2 Å². The van der Waals surface area contributed by atoms with Gasteiger partial charge in [-0.05, 0) is 11.6 Å². The molecule has 0 spiro atoms. The maximum atomic E-state index is 9.09. The number of pyridine rings is 1. The Labute approximate surface area is 120 Å². The molecule has 1 heterocycles. The highest BCUT2D eigenvalue weighted by Crippen LogP contribution is 2.10. The molecule has 1 aromatic heterocycles. The van der Waals surface area contributed by atoms with Crippen LogP contribution >= 0.6 is 0 Å². The molecule has 1 aromatic rings. The van der Waals surface area contributed by atoms with Crippen LogP contribution in [-0.2, 0) is 16.0 Å². The molecule has 114 valence electrons. The molecule has 0 aliphatic carbocycles. The van der Waals surface area contributed by atoms with Crippen LogP contribution in [0.5, 0.6) is 0 Å². The van der Waals surface area contributed by atoms with Crippen LogP contribution in [0.15, 0.2) is 18.3 Å².